The van der Waals surface area contributed by atoms with Crippen LogP contribution in [0.2, 0.25) is 0 Å². The summed E-state index contributed by atoms with van der Waals surface area (Å²) in [4.78, 5) is 45.4. The zero-order chi connectivity index (χ0) is 89.0. The minimum Gasteiger partial charge on any atom is -0.208 e. The van der Waals surface area contributed by atoms with Gasteiger partial charge in [-0.15, -0.1) is 0 Å². The quantitative estimate of drug-likeness (QED) is 0.0981. The van der Waals surface area contributed by atoms with Crippen molar-refractivity contribution in [1.29, 1.82) is 0 Å². The zero-order valence-corrected chi connectivity index (χ0v) is 72.8. The Morgan fingerprint density at radius 1 is 0.0896 bits per heavy atom. The summed E-state index contributed by atoms with van der Waals surface area (Å²) in [6.45, 7) is 0. The van der Waals surface area contributed by atoms with Gasteiger partial charge in [0.2, 0.25) is 0 Å². The van der Waals surface area contributed by atoms with Crippen LogP contribution in [-0.2, 0) is 0 Å². The van der Waals surface area contributed by atoms with Crippen molar-refractivity contribution in [3.05, 3.63) is 491 Å². The Labute approximate surface area is 775 Å². The second-order valence-electron chi connectivity index (χ2n) is 33.4. The maximum absolute atomic E-state index is 5.14. The Balaban J connectivity index is 0.000000114. The normalized spacial score (nSPS) is 11.3. The van der Waals surface area contributed by atoms with Crippen LogP contribution in [0.4, 0.5) is 0 Å². The summed E-state index contributed by atoms with van der Waals surface area (Å²) in [5, 5.41) is 19.0. The van der Waals surface area contributed by atoms with Crippen molar-refractivity contribution in [1.82, 2.24) is 44.9 Å². The summed E-state index contributed by atoms with van der Waals surface area (Å²) in [5.41, 5.74) is 20.5. The zero-order valence-electron chi connectivity index (χ0n) is 72.8. The lowest BCUT2D eigenvalue weighted by Gasteiger charge is -2.13. The van der Waals surface area contributed by atoms with E-state index >= 15 is 0 Å². The van der Waals surface area contributed by atoms with Crippen molar-refractivity contribution in [2.45, 2.75) is 0 Å². The maximum atomic E-state index is 5.14. The van der Waals surface area contributed by atoms with Gasteiger partial charge in [0, 0.05) is 50.1 Å². The summed E-state index contributed by atoms with van der Waals surface area (Å²) >= 11 is 0. The number of hydrogen-bond acceptors (Lipinski definition) is 9. The predicted octanol–water partition coefficient (Wildman–Crippen LogP) is 32.2. The number of rotatable bonds is 14. The molecule has 9 nitrogen and oxygen atoms in total. The Kier molecular flexibility index (Phi) is 21.6. The van der Waals surface area contributed by atoms with Gasteiger partial charge in [0.1, 0.15) is 0 Å². The average Bonchev–Trinajstić information content (AvgIpc) is 0.755. The van der Waals surface area contributed by atoms with Gasteiger partial charge in [0.25, 0.3) is 0 Å². The van der Waals surface area contributed by atoms with Crippen LogP contribution in [0.3, 0.4) is 0 Å². The third-order valence-electron chi connectivity index (χ3n) is 25.1. The second-order valence-corrected chi connectivity index (χ2v) is 33.4. The van der Waals surface area contributed by atoms with Gasteiger partial charge >= 0.3 is 0 Å². The van der Waals surface area contributed by atoms with Crippen LogP contribution in [0.5, 0.6) is 0 Å². The number of hydrogen-bond donors (Lipinski definition) is 0. The van der Waals surface area contributed by atoms with E-state index in [0.29, 0.717) is 52.4 Å². The topological polar surface area (TPSA) is 116 Å². The van der Waals surface area contributed by atoms with Gasteiger partial charge < -0.3 is 0 Å². The molecule has 3 aromatic heterocycles. The smallest absolute Gasteiger partial charge is 0.164 e. The van der Waals surface area contributed by atoms with Crippen LogP contribution >= 0.6 is 0 Å². The third kappa shape index (κ3) is 16.3. The highest BCUT2D eigenvalue weighted by molar-refractivity contribution is 6.16. The molecule has 0 bridgehead atoms. The Hall–Kier alpha value is -18.1. The molecule has 0 saturated heterocycles. The van der Waals surface area contributed by atoms with Crippen LogP contribution in [0.25, 0.3) is 244 Å². The van der Waals surface area contributed by atoms with E-state index in [4.69, 9.17) is 44.9 Å². The molecule has 0 aliphatic heterocycles. The Morgan fingerprint density at radius 2 is 0.291 bits per heavy atom. The molecule has 3 heterocycles. The molecule has 134 heavy (non-hydrogen) atoms. The molecule has 25 aromatic rings. The molecule has 0 unspecified atom stereocenters. The molecular formula is C125H81N9. The van der Waals surface area contributed by atoms with E-state index in [1.807, 2.05) is 84.9 Å². The fourth-order valence-corrected chi connectivity index (χ4v) is 18.4. The van der Waals surface area contributed by atoms with Gasteiger partial charge in [0.15, 0.2) is 52.4 Å². The molecule has 0 aliphatic carbocycles. The summed E-state index contributed by atoms with van der Waals surface area (Å²) in [7, 11) is 0. The molecule has 0 amide bonds. The first-order valence-corrected chi connectivity index (χ1v) is 45.1. The van der Waals surface area contributed by atoms with Crippen LogP contribution in [0.15, 0.2) is 491 Å². The van der Waals surface area contributed by atoms with Gasteiger partial charge in [-0.1, -0.05) is 455 Å². The van der Waals surface area contributed by atoms with E-state index in [0.717, 1.165) is 99.1 Å². The van der Waals surface area contributed by atoms with Gasteiger partial charge in [-0.25, -0.2) is 44.9 Å². The first-order chi connectivity index (χ1) is 66.4. The molecule has 0 radical (unpaired) electrons. The van der Waals surface area contributed by atoms with Crippen LogP contribution in [0.1, 0.15) is 0 Å². The van der Waals surface area contributed by atoms with Crippen molar-refractivity contribution in [3.63, 3.8) is 0 Å². The van der Waals surface area contributed by atoms with Crippen molar-refractivity contribution < 1.29 is 0 Å². The fraction of sp³-hybridized carbons (Fsp3) is 0. The van der Waals surface area contributed by atoms with E-state index in [2.05, 4.69) is 406 Å². The monoisotopic (exact) mass is 1710 g/mol. The molecule has 0 aliphatic rings. The van der Waals surface area contributed by atoms with E-state index < -0.39 is 0 Å². The maximum Gasteiger partial charge on any atom is 0.164 e. The van der Waals surface area contributed by atoms with Gasteiger partial charge in [-0.2, -0.15) is 0 Å². The van der Waals surface area contributed by atoms with Gasteiger partial charge in [0.05, 0.1) is 0 Å². The molecule has 0 spiro atoms. The number of aromatic nitrogens is 9. The van der Waals surface area contributed by atoms with E-state index in [9.17, 15) is 0 Å². The third-order valence-corrected chi connectivity index (χ3v) is 25.1. The van der Waals surface area contributed by atoms with Gasteiger partial charge in [-0.05, 0) is 178 Å². The lowest BCUT2D eigenvalue weighted by atomic mass is 9.93. The number of fused-ring (bicyclic) bond motifs is 12. The number of nitrogens with zero attached hydrogens (tertiary/aromatic N) is 9. The first-order valence-electron chi connectivity index (χ1n) is 45.1. The van der Waals surface area contributed by atoms with E-state index in [1.54, 1.807) is 0 Å². The fourth-order valence-electron chi connectivity index (χ4n) is 18.4. The second kappa shape index (κ2) is 35.9. The predicted molar refractivity (Wildman–Crippen MR) is 556 cm³/mol. The lowest BCUT2D eigenvalue weighted by molar-refractivity contribution is 1.08. The molecule has 25 rings (SSSR count). The summed E-state index contributed by atoms with van der Waals surface area (Å²) < 4.78 is 0. The molecule has 0 N–H and O–H groups in total. The Morgan fingerprint density at radius 3 is 0.672 bits per heavy atom. The van der Waals surface area contributed by atoms with E-state index in [-0.39, 0.29) is 0 Å². The summed E-state index contributed by atoms with van der Waals surface area (Å²) in [5.74, 6) is 5.91. The summed E-state index contributed by atoms with van der Waals surface area (Å²) in [6.07, 6.45) is 0. The van der Waals surface area contributed by atoms with E-state index in [1.165, 1.54) is 92.8 Å². The first kappa shape index (κ1) is 80.5. The van der Waals surface area contributed by atoms with Gasteiger partial charge in [-0.3, -0.25) is 0 Å². The molecule has 0 fully saturated rings. The minimum atomic E-state index is 0.639. The molecule has 22 aromatic carbocycles. The summed E-state index contributed by atoms with van der Waals surface area (Å²) in [6, 6.07) is 172. The molecule has 0 saturated carbocycles. The SMILES string of the molecule is c1ccc(-c2cc(-c3ccccc3)cc(-c3ccc(-c4nc(-c5ccccc5)nc(-c5cc6ccccc6c6ccccc56)n4)cc3)c2)cc1.c1ccc(-c2ccc(-c3ccc(-c4nc(-c5ccccc5)nc(-c5cccc6c5ccc5ccccc56)n4)cc3)cc2)cc1.c1ccc(-c2nc(-c3ccc4c(ccc5ccccc54)c3)nc(-c3cc4ccccc4c4ccccc34)n2)cc1. The highest BCUT2D eigenvalue weighted by Crippen LogP contribution is 2.42. The Bertz CT molecular complexity index is 8630. The standard InChI is InChI=1S/C47H31N3.C41H27N3.C37H23N3/c1-4-14-32(15-5-1)38-28-39(33-16-6-2-7-17-33)30-40(29-38)34-24-26-36(27-25-34)46-48-45(35-18-8-3-9-19-35)49-47(50-46)44-31-37-20-10-11-21-41(37)42-22-12-13-23-43(42)44;1-3-10-28(11-4-1)29-18-20-30(21-19-29)31-22-24-34(25-23-31)40-42-39(33-13-5-2-6-14-33)43-41(44-40)38-17-9-16-36-35-15-8-7-12-32(35)26-27-37(36)38;1-2-11-25(12-3-1)35-38-36(28-20-21-31-27(22-28)19-18-24-10-4-6-14-29(24)31)40-37(39-35)34-23-26-13-5-7-15-30(26)32-16-8-9-17-33(32)34/h1-31H;1-27H;1-23H. The molecular weight excluding hydrogens is 1630 g/mol. The van der Waals surface area contributed by atoms with Crippen molar-refractivity contribution >= 4 is 86.2 Å². The minimum absolute atomic E-state index is 0.639. The molecule has 626 valence electrons. The largest absolute Gasteiger partial charge is 0.208 e. The van der Waals surface area contributed by atoms with Crippen molar-refractivity contribution in [2.24, 2.45) is 0 Å². The van der Waals surface area contributed by atoms with Crippen LogP contribution < -0.4 is 0 Å². The van der Waals surface area contributed by atoms with Crippen LogP contribution in [0, 0.1) is 0 Å². The molecule has 0 atom stereocenters. The number of benzene rings is 22. The average molecular weight is 1710 g/mol. The highest BCUT2D eigenvalue weighted by atomic mass is 15.1. The van der Waals surface area contributed by atoms with Crippen molar-refractivity contribution in [3.8, 4) is 158 Å². The molecule has 9 heteroatoms. The lowest BCUT2D eigenvalue weighted by Crippen LogP contribution is -2.00. The van der Waals surface area contributed by atoms with Crippen molar-refractivity contribution in [2.75, 3.05) is 0 Å². The highest BCUT2D eigenvalue weighted by Gasteiger charge is 2.22. The van der Waals surface area contributed by atoms with Crippen LogP contribution in [-0.4, -0.2) is 44.9 Å².